The standard InChI is InChI=1S/C27H17NO8/c29-25(18-7-3-1-4-8-18)35-23-15-20(27(31)34-22-13-11-21(12-14-22)28(32)33)16-24(17-23)36-26(30)19-9-5-2-6-10-19/h1-17H. The lowest BCUT2D eigenvalue weighted by Crippen LogP contribution is -2.13. The zero-order chi connectivity index (χ0) is 25.5. The van der Waals surface area contributed by atoms with E-state index >= 15 is 0 Å². The highest BCUT2D eigenvalue weighted by Gasteiger charge is 2.18. The lowest BCUT2D eigenvalue weighted by atomic mass is 10.2. The minimum atomic E-state index is -0.863. The number of rotatable bonds is 7. The molecule has 0 fully saturated rings. The number of carbonyl (C=O) groups excluding carboxylic acids is 3. The number of esters is 3. The van der Waals surface area contributed by atoms with E-state index in [1.807, 2.05) is 0 Å². The topological polar surface area (TPSA) is 122 Å². The molecule has 0 aromatic heterocycles. The van der Waals surface area contributed by atoms with Crippen molar-refractivity contribution < 1.29 is 33.5 Å². The quantitative estimate of drug-likeness (QED) is 0.151. The molecule has 0 atom stereocenters. The molecule has 36 heavy (non-hydrogen) atoms. The van der Waals surface area contributed by atoms with E-state index in [1.54, 1.807) is 60.7 Å². The van der Waals surface area contributed by atoms with Crippen LogP contribution in [0.5, 0.6) is 17.2 Å². The Bertz CT molecular complexity index is 1350. The minimum absolute atomic E-state index is 0.0557. The Labute approximate surface area is 204 Å². The molecule has 9 heteroatoms. The zero-order valence-electron chi connectivity index (χ0n) is 18.5. The maximum atomic E-state index is 12.8. The van der Waals surface area contributed by atoms with Gasteiger partial charge in [0.15, 0.2) is 0 Å². The van der Waals surface area contributed by atoms with Crippen molar-refractivity contribution in [3.63, 3.8) is 0 Å². The molecule has 0 radical (unpaired) electrons. The van der Waals surface area contributed by atoms with Crippen LogP contribution in [0.25, 0.3) is 0 Å². The molecule has 0 aliphatic rings. The van der Waals surface area contributed by atoms with E-state index in [1.165, 1.54) is 42.5 Å². The van der Waals surface area contributed by atoms with Crippen LogP contribution >= 0.6 is 0 Å². The number of ether oxygens (including phenoxy) is 3. The van der Waals surface area contributed by atoms with E-state index in [0.717, 1.165) is 0 Å². The number of hydrogen-bond acceptors (Lipinski definition) is 8. The summed E-state index contributed by atoms with van der Waals surface area (Å²) in [5, 5.41) is 10.8. The highest BCUT2D eigenvalue weighted by Crippen LogP contribution is 2.26. The van der Waals surface area contributed by atoms with Gasteiger partial charge in [-0.3, -0.25) is 10.1 Å². The zero-order valence-corrected chi connectivity index (χ0v) is 18.5. The van der Waals surface area contributed by atoms with Crippen LogP contribution in [-0.4, -0.2) is 22.8 Å². The van der Waals surface area contributed by atoms with Crippen LogP contribution in [0.2, 0.25) is 0 Å². The average Bonchev–Trinajstić information content (AvgIpc) is 2.89. The number of benzene rings is 4. The summed E-state index contributed by atoms with van der Waals surface area (Å²) in [6.45, 7) is 0. The van der Waals surface area contributed by atoms with Gasteiger partial charge in [-0.25, -0.2) is 14.4 Å². The van der Waals surface area contributed by atoms with E-state index in [0.29, 0.717) is 0 Å². The molecule has 0 bridgehead atoms. The van der Waals surface area contributed by atoms with Gasteiger partial charge in [-0.05, 0) is 48.5 Å². The SMILES string of the molecule is O=C(Oc1cc(OC(=O)c2ccccc2)cc(C(=O)Oc2ccc([N+](=O)[O-])cc2)c1)c1ccccc1. The Hall–Kier alpha value is -5.31. The van der Waals surface area contributed by atoms with Crippen LogP contribution in [0.3, 0.4) is 0 Å². The summed E-state index contributed by atoms with van der Waals surface area (Å²) in [7, 11) is 0. The summed E-state index contributed by atoms with van der Waals surface area (Å²) in [6, 6.07) is 25.1. The van der Waals surface area contributed by atoms with Gasteiger partial charge in [-0.1, -0.05) is 36.4 Å². The number of nitro benzene ring substituents is 1. The van der Waals surface area contributed by atoms with Gasteiger partial charge in [-0.15, -0.1) is 0 Å². The molecule has 0 aliphatic carbocycles. The fourth-order valence-corrected chi connectivity index (χ4v) is 3.09. The molecule has 0 heterocycles. The predicted octanol–water partition coefficient (Wildman–Crippen LogP) is 5.25. The molecule has 0 saturated heterocycles. The van der Waals surface area contributed by atoms with Crippen molar-refractivity contribution >= 4 is 23.6 Å². The molecular formula is C27H17NO8. The van der Waals surface area contributed by atoms with Gasteiger partial charge >= 0.3 is 17.9 Å². The second-order valence-corrected chi connectivity index (χ2v) is 7.34. The normalized spacial score (nSPS) is 10.2. The number of non-ortho nitro benzene ring substituents is 1. The molecule has 0 spiro atoms. The van der Waals surface area contributed by atoms with E-state index in [9.17, 15) is 24.5 Å². The second-order valence-electron chi connectivity index (χ2n) is 7.34. The number of nitro groups is 1. The molecule has 0 aliphatic heterocycles. The first-order valence-electron chi connectivity index (χ1n) is 10.6. The third-order valence-corrected chi connectivity index (χ3v) is 4.81. The van der Waals surface area contributed by atoms with Crippen LogP contribution < -0.4 is 14.2 Å². The monoisotopic (exact) mass is 483 g/mol. The van der Waals surface area contributed by atoms with Crippen LogP contribution in [0.1, 0.15) is 31.1 Å². The summed E-state index contributed by atoms with van der Waals surface area (Å²) in [6.07, 6.45) is 0. The van der Waals surface area contributed by atoms with Gasteiger partial charge < -0.3 is 14.2 Å². The molecule has 0 unspecified atom stereocenters. The molecule has 9 nitrogen and oxygen atoms in total. The Morgan fingerprint density at radius 2 is 0.944 bits per heavy atom. The van der Waals surface area contributed by atoms with Gasteiger partial charge in [0.05, 0.1) is 21.6 Å². The Balaban J connectivity index is 1.61. The third-order valence-electron chi connectivity index (χ3n) is 4.81. The third kappa shape index (κ3) is 5.97. The number of hydrogen-bond donors (Lipinski definition) is 0. The Kier molecular flexibility index (Phi) is 7.11. The lowest BCUT2D eigenvalue weighted by molar-refractivity contribution is -0.384. The van der Waals surface area contributed by atoms with Crippen LogP contribution in [0, 0.1) is 10.1 Å². The second kappa shape index (κ2) is 10.7. The van der Waals surface area contributed by atoms with E-state index in [4.69, 9.17) is 14.2 Å². The summed E-state index contributed by atoms with van der Waals surface area (Å²) >= 11 is 0. The maximum absolute atomic E-state index is 12.8. The summed E-state index contributed by atoms with van der Waals surface area (Å²) in [5.74, 6) is -2.29. The van der Waals surface area contributed by atoms with Crippen LogP contribution in [0.4, 0.5) is 5.69 Å². The highest BCUT2D eigenvalue weighted by atomic mass is 16.6. The van der Waals surface area contributed by atoms with Crippen molar-refractivity contribution in [2.45, 2.75) is 0 Å². The first-order chi connectivity index (χ1) is 17.4. The number of nitrogens with zero attached hydrogens (tertiary/aromatic N) is 1. The van der Waals surface area contributed by atoms with Crippen molar-refractivity contribution in [3.05, 3.63) is 130 Å². The predicted molar refractivity (Wildman–Crippen MR) is 127 cm³/mol. The van der Waals surface area contributed by atoms with Crippen molar-refractivity contribution in [2.75, 3.05) is 0 Å². The largest absolute Gasteiger partial charge is 0.423 e. The first kappa shape index (κ1) is 23.8. The van der Waals surface area contributed by atoms with E-state index in [-0.39, 0.29) is 39.6 Å². The van der Waals surface area contributed by atoms with Crippen LogP contribution in [-0.2, 0) is 0 Å². The highest BCUT2D eigenvalue weighted by molar-refractivity contribution is 5.95. The molecule has 4 rings (SSSR count). The van der Waals surface area contributed by atoms with E-state index < -0.39 is 22.8 Å². The van der Waals surface area contributed by atoms with Crippen molar-refractivity contribution in [3.8, 4) is 17.2 Å². The van der Waals surface area contributed by atoms with Crippen molar-refractivity contribution in [1.29, 1.82) is 0 Å². The molecule has 4 aromatic carbocycles. The molecule has 178 valence electrons. The van der Waals surface area contributed by atoms with Gasteiger partial charge in [-0.2, -0.15) is 0 Å². The molecule has 4 aromatic rings. The van der Waals surface area contributed by atoms with Gasteiger partial charge in [0.2, 0.25) is 0 Å². The first-order valence-corrected chi connectivity index (χ1v) is 10.6. The molecular weight excluding hydrogens is 466 g/mol. The molecule has 0 saturated carbocycles. The summed E-state index contributed by atoms with van der Waals surface area (Å²) in [5.41, 5.74) is 0.306. The maximum Gasteiger partial charge on any atom is 0.343 e. The van der Waals surface area contributed by atoms with Gasteiger partial charge in [0.1, 0.15) is 17.2 Å². The Morgan fingerprint density at radius 1 is 0.528 bits per heavy atom. The average molecular weight is 483 g/mol. The Morgan fingerprint density at radius 3 is 1.39 bits per heavy atom. The van der Waals surface area contributed by atoms with Crippen LogP contribution in [0.15, 0.2) is 103 Å². The minimum Gasteiger partial charge on any atom is -0.423 e. The van der Waals surface area contributed by atoms with Crippen molar-refractivity contribution in [2.24, 2.45) is 0 Å². The smallest absolute Gasteiger partial charge is 0.343 e. The van der Waals surface area contributed by atoms with E-state index in [2.05, 4.69) is 0 Å². The van der Waals surface area contributed by atoms with Crippen molar-refractivity contribution in [1.82, 2.24) is 0 Å². The lowest BCUT2D eigenvalue weighted by Gasteiger charge is -2.11. The number of carbonyl (C=O) groups is 3. The van der Waals surface area contributed by atoms with Gasteiger partial charge in [0, 0.05) is 18.2 Å². The van der Waals surface area contributed by atoms with Gasteiger partial charge in [0.25, 0.3) is 5.69 Å². The fraction of sp³-hybridized carbons (Fsp3) is 0. The summed E-state index contributed by atoms with van der Waals surface area (Å²) < 4.78 is 16.1. The molecule has 0 amide bonds. The summed E-state index contributed by atoms with van der Waals surface area (Å²) in [4.78, 5) is 48.1. The molecule has 0 N–H and O–H groups in total. The fourth-order valence-electron chi connectivity index (χ4n) is 3.09.